The molecule has 29 N–H and O–H groups in total. The molecular formula is C56H104N22O11. The van der Waals surface area contributed by atoms with Gasteiger partial charge in [0.15, 0.2) is 5.96 Å². The van der Waals surface area contributed by atoms with Gasteiger partial charge < -0.3 is 114 Å². The molecule has 1 saturated heterocycles. The van der Waals surface area contributed by atoms with E-state index in [4.69, 9.17) is 51.6 Å². The van der Waals surface area contributed by atoms with Crippen molar-refractivity contribution in [3.63, 3.8) is 0 Å². The first-order valence-corrected chi connectivity index (χ1v) is 31.0. The van der Waals surface area contributed by atoms with Gasteiger partial charge in [-0.25, -0.2) is 4.98 Å². The van der Waals surface area contributed by atoms with Crippen molar-refractivity contribution in [2.75, 3.05) is 65.4 Å². The Kier molecular flexibility index (Phi) is 38.5. The van der Waals surface area contributed by atoms with E-state index in [1.807, 2.05) is 0 Å². The molecule has 1 aliphatic rings. The van der Waals surface area contributed by atoms with Crippen molar-refractivity contribution < 1.29 is 53.1 Å². The van der Waals surface area contributed by atoms with E-state index in [0.29, 0.717) is 96.1 Å². The van der Waals surface area contributed by atoms with Gasteiger partial charge in [0.25, 0.3) is 5.91 Å². The molecule has 1 aromatic heterocycles. The Morgan fingerprint density at radius 2 is 1.29 bits per heavy atom. The van der Waals surface area contributed by atoms with Gasteiger partial charge >= 0.3 is 0 Å². The number of imidazole rings is 1. The minimum atomic E-state index is -1.58. The summed E-state index contributed by atoms with van der Waals surface area (Å²) >= 11 is 0. The van der Waals surface area contributed by atoms with E-state index >= 15 is 0 Å². The maximum atomic E-state index is 14.5. The van der Waals surface area contributed by atoms with Crippen LogP contribution < -0.4 is 99.5 Å². The monoisotopic (exact) mass is 1260 g/mol. The highest BCUT2D eigenvalue weighted by Gasteiger charge is 2.40. The van der Waals surface area contributed by atoms with Crippen LogP contribution in [-0.4, -0.2) is 205 Å². The van der Waals surface area contributed by atoms with Gasteiger partial charge in [-0.1, -0.05) is 32.8 Å². The molecule has 0 radical (unpaired) electrons. The molecule has 0 spiro atoms. The Hall–Kier alpha value is -7.40. The number of aliphatic imine (C=N–C) groups is 1. The van der Waals surface area contributed by atoms with E-state index in [1.165, 1.54) is 23.5 Å². The highest BCUT2D eigenvalue weighted by molar-refractivity contribution is 6.02. The average Bonchev–Trinajstić information content (AvgIpc) is 4.15. The Labute approximate surface area is 521 Å². The SMILES string of the molecule is CCC(C)[C@H](NC(=O)[C@@H](NC(=O)C(N)CCCCN)[C@@H](O)CN)C(=O)NCC(=O)N[C@H](CCCN)C(=O)N1CCC[C@H]1C(=O)NC(Cc1cnc[nH]1)C(=O)N[C@@H](CCCCN)C(=O)N/C(=C\CCN=C(N)N)C(=O)N[C@@H](CCCCN)C(=O)NCCCCN. The molecule has 2 rings (SSSR count). The Bertz CT molecular complexity index is 2410. The maximum absolute atomic E-state index is 14.5. The third-order valence-electron chi connectivity index (χ3n) is 14.9. The number of hydrogen-bond donors (Lipinski definition) is 20. The summed E-state index contributed by atoms with van der Waals surface area (Å²) in [7, 11) is 0. The molecule has 0 aliphatic carbocycles. The fraction of sp³-hybridized carbons (Fsp3) is 0.714. The summed E-state index contributed by atoms with van der Waals surface area (Å²) in [6, 6.07) is -9.96. The average molecular weight is 1260 g/mol. The number of carbonyl (C=O) groups excluding carboxylic acids is 10. The standard InChI is InChI=1S/C56H104N22O11/c1-3-34(2)45(76-54(88)46(43(79)30-62)77-47(81)36(63)15-4-7-21-57)53(87)69-32-44(80)71-40(18-12-25-61)55(89)78-28-14-20-42(78)52(86)75-41(29-35-31-66-33-70-35)51(85)74-38(17-6-9-23-59)49(83)73-39(19-13-27-68-56(64)65)50(84)72-37(16-5-8-22-58)48(82)67-26-11-10-24-60/h19,31,33-34,36-38,40-43,45-46,79H,3-18,20-30,32,57-63H2,1-2H3,(H,66,70)(H,67,82)(H,69,87)(H,71,80)(H,72,84)(H,73,83)(H,74,85)(H,75,86)(H,76,88)(H,77,81)(H4,64,65,68)/b39-19-/t34?,36?,37-,38-,40+,41?,42-,43-,45-,46-/m0/s1. The molecule has 504 valence electrons. The van der Waals surface area contributed by atoms with Gasteiger partial charge in [-0.3, -0.25) is 52.9 Å². The summed E-state index contributed by atoms with van der Waals surface area (Å²) < 4.78 is 0. The van der Waals surface area contributed by atoms with Crippen molar-refractivity contribution in [1.29, 1.82) is 0 Å². The van der Waals surface area contributed by atoms with E-state index in [1.54, 1.807) is 13.8 Å². The number of aliphatic hydroxyl groups excluding tert-OH is 1. The van der Waals surface area contributed by atoms with Crippen LogP contribution in [0, 0.1) is 5.92 Å². The van der Waals surface area contributed by atoms with Crippen molar-refractivity contribution in [3.05, 3.63) is 30.0 Å². The summed E-state index contributed by atoms with van der Waals surface area (Å²) in [4.78, 5) is 151. The highest BCUT2D eigenvalue weighted by Crippen LogP contribution is 2.21. The zero-order valence-electron chi connectivity index (χ0n) is 51.9. The molecular weight excluding hydrogens is 1160 g/mol. The molecule has 10 amide bonds. The molecule has 10 atom stereocenters. The van der Waals surface area contributed by atoms with E-state index in [-0.39, 0.29) is 89.2 Å². The number of rotatable bonds is 46. The number of aromatic amines is 1. The molecule has 1 fully saturated rings. The van der Waals surface area contributed by atoms with Gasteiger partial charge in [0.2, 0.25) is 53.2 Å². The minimum Gasteiger partial charge on any atom is -0.389 e. The fourth-order valence-corrected chi connectivity index (χ4v) is 9.47. The van der Waals surface area contributed by atoms with Crippen LogP contribution in [0.3, 0.4) is 0 Å². The van der Waals surface area contributed by atoms with Crippen LogP contribution in [0.25, 0.3) is 0 Å². The second-order valence-electron chi connectivity index (χ2n) is 22.0. The third kappa shape index (κ3) is 29.2. The van der Waals surface area contributed by atoms with Crippen molar-refractivity contribution in [2.45, 2.75) is 184 Å². The molecule has 0 aromatic carbocycles. The van der Waals surface area contributed by atoms with Crippen LogP contribution in [0.4, 0.5) is 0 Å². The summed E-state index contributed by atoms with van der Waals surface area (Å²) in [5.41, 5.74) is 51.5. The lowest BCUT2D eigenvalue weighted by atomic mass is 9.97. The number of nitrogens with zero attached hydrogens (tertiary/aromatic N) is 3. The highest BCUT2D eigenvalue weighted by atomic mass is 16.3. The quantitative estimate of drug-likeness (QED) is 0.0125. The lowest BCUT2D eigenvalue weighted by Gasteiger charge is -2.30. The number of nitrogens with one attached hydrogen (secondary N) is 10. The normalized spacial score (nSPS) is 16.1. The largest absolute Gasteiger partial charge is 0.389 e. The summed E-state index contributed by atoms with van der Waals surface area (Å²) in [5, 5.41) is 34.5. The summed E-state index contributed by atoms with van der Waals surface area (Å²) in [6.07, 6.45) is 8.57. The first-order chi connectivity index (χ1) is 42.6. The van der Waals surface area contributed by atoms with Gasteiger partial charge in [0, 0.05) is 44.5 Å². The lowest BCUT2D eigenvalue weighted by Crippen LogP contribution is -2.62. The van der Waals surface area contributed by atoms with Gasteiger partial charge in [0.05, 0.1) is 25.0 Å². The zero-order valence-corrected chi connectivity index (χ0v) is 51.9. The Morgan fingerprint density at radius 3 is 1.89 bits per heavy atom. The molecule has 89 heavy (non-hydrogen) atoms. The zero-order chi connectivity index (χ0) is 66.3. The molecule has 1 aromatic rings. The molecule has 2 heterocycles. The van der Waals surface area contributed by atoms with Gasteiger partial charge in [-0.05, 0) is 135 Å². The van der Waals surface area contributed by atoms with E-state index in [9.17, 15) is 53.1 Å². The summed E-state index contributed by atoms with van der Waals surface area (Å²) in [5.74, 6) is -8.25. The maximum Gasteiger partial charge on any atom is 0.268 e. The van der Waals surface area contributed by atoms with Crippen LogP contribution in [0.2, 0.25) is 0 Å². The molecule has 33 nitrogen and oxygen atoms in total. The van der Waals surface area contributed by atoms with Gasteiger partial charge in [0.1, 0.15) is 48.0 Å². The van der Waals surface area contributed by atoms with Crippen LogP contribution >= 0.6 is 0 Å². The number of hydrogen-bond acceptors (Lipinski definition) is 20. The van der Waals surface area contributed by atoms with Gasteiger partial charge in [-0.2, -0.15) is 0 Å². The van der Waals surface area contributed by atoms with E-state index in [2.05, 4.69) is 62.8 Å². The molecule has 0 saturated carbocycles. The third-order valence-corrected chi connectivity index (χ3v) is 14.9. The second kappa shape index (κ2) is 44.1. The number of H-pyrrole nitrogens is 1. The molecule has 0 bridgehead atoms. The predicted octanol–water partition coefficient (Wildman–Crippen LogP) is -6.69. The van der Waals surface area contributed by atoms with Crippen LogP contribution in [-0.2, 0) is 54.4 Å². The number of guanidine groups is 1. The first kappa shape index (κ1) is 77.7. The molecule has 33 heteroatoms. The lowest BCUT2D eigenvalue weighted by molar-refractivity contribution is -0.142. The smallest absolute Gasteiger partial charge is 0.268 e. The Morgan fingerprint density at radius 1 is 0.685 bits per heavy atom. The van der Waals surface area contributed by atoms with Gasteiger partial charge in [-0.15, -0.1) is 0 Å². The van der Waals surface area contributed by atoms with Crippen LogP contribution in [0.1, 0.15) is 129 Å². The van der Waals surface area contributed by atoms with Crippen LogP contribution in [0.5, 0.6) is 0 Å². The van der Waals surface area contributed by atoms with E-state index in [0.717, 1.165) is 0 Å². The Balaban J connectivity index is 2.39. The number of amides is 10. The number of nitrogens with two attached hydrogens (primary N) is 9. The molecule has 1 aliphatic heterocycles. The number of aliphatic hydroxyl groups is 1. The fourth-order valence-electron chi connectivity index (χ4n) is 9.47. The first-order valence-electron chi connectivity index (χ1n) is 31.0. The predicted molar refractivity (Wildman–Crippen MR) is 334 cm³/mol. The number of likely N-dealkylation sites (tertiary alicyclic amines) is 1. The van der Waals surface area contributed by atoms with Crippen molar-refractivity contribution in [3.8, 4) is 0 Å². The minimum absolute atomic E-state index is 0.0297. The second-order valence-corrected chi connectivity index (χ2v) is 22.0. The number of unbranched alkanes of at least 4 members (excludes halogenated alkanes) is 4. The topological polar surface area (TPSA) is 578 Å². The van der Waals surface area contributed by atoms with Crippen LogP contribution in [0.15, 0.2) is 29.3 Å². The van der Waals surface area contributed by atoms with Crippen molar-refractivity contribution in [1.82, 2.24) is 62.7 Å². The van der Waals surface area contributed by atoms with E-state index < -0.39 is 133 Å². The number of aromatic nitrogens is 2. The van der Waals surface area contributed by atoms with Crippen molar-refractivity contribution in [2.24, 2.45) is 62.5 Å². The van der Waals surface area contributed by atoms with Crippen molar-refractivity contribution >= 4 is 65.0 Å². The summed E-state index contributed by atoms with van der Waals surface area (Å²) in [6.45, 7) is 4.35. The number of carbonyl (C=O) groups is 10. The molecule has 3 unspecified atom stereocenters.